The molecule has 1 N–H and O–H groups in total. The smallest absolute Gasteiger partial charge is 0.251 e. The van der Waals surface area contributed by atoms with Crippen molar-refractivity contribution in [3.05, 3.63) is 60.2 Å². The number of carbonyl (C=O) groups is 1. The van der Waals surface area contributed by atoms with Crippen LogP contribution in [0.3, 0.4) is 0 Å². The van der Waals surface area contributed by atoms with Crippen molar-refractivity contribution >= 4 is 17.7 Å². The van der Waals surface area contributed by atoms with E-state index in [1.165, 1.54) is 4.90 Å². The van der Waals surface area contributed by atoms with Crippen molar-refractivity contribution in [2.45, 2.75) is 31.2 Å². The van der Waals surface area contributed by atoms with Crippen molar-refractivity contribution in [1.29, 1.82) is 0 Å². The molecule has 0 aliphatic carbocycles. The summed E-state index contributed by atoms with van der Waals surface area (Å²) < 4.78 is 5.71. The summed E-state index contributed by atoms with van der Waals surface area (Å²) in [6, 6.07) is 17.8. The molecule has 122 valence electrons. The van der Waals surface area contributed by atoms with Gasteiger partial charge in [0.25, 0.3) is 5.91 Å². The van der Waals surface area contributed by atoms with Crippen LogP contribution in [-0.4, -0.2) is 24.3 Å². The van der Waals surface area contributed by atoms with Crippen LogP contribution in [0.5, 0.6) is 5.75 Å². The van der Waals surface area contributed by atoms with Gasteiger partial charge in [-0.3, -0.25) is 4.79 Å². The Kier molecular flexibility index (Phi) is 7.01. The molecule has 4 heteroatoms. The molecule has 0 spiro atoms. The van der Waals surface area contributed by atoms with Crippen molar-refractivity contribution in [1.82, 2.24) is 5.32 Å². The lowest BCUT2D eigenvalue weighted by Crippen LogP contribution is -2.31. The van der Waals surface area contributed by atoms with Gasteiger partial charge in [-0.15, -0.1) is 11.8 Å². The van der Waals surface area contributed by atoms with Gasteiger partial charge in [0.1, 0.15) is 5.75 Å². The summed E-state index contributed by atoms with van der Waals surface area (Å²) in [5, 5.41) is 2.95. The van der Waals surface area contributed by atoms with Crippen LogP contribution in [0.15, 0.2) is 59.5 Å². The average Bonchev–Trinajstić information content (AvgIpc) is 2.60. The summed E-state index contributed by atoms with van der Waals surface area (Å²) in [5.41, 5.74) is 0.663. The van der Waals surface area contributed by atoms with Gasteiger partial charge in [0.15, 0.2) is 0 Å². The Labute approximate surface area is 142 Å². The zero-order valence-corrected chi connectivity index (χ0v) is 14.4. The van der Waals surface area contributed by atoms with Gasteiger partial charge in [0, 0.05) is 22.3 Å². The molecule has 1 amide bonds. The third-order valence-corrected chi connectivity index (χ3v) is 4.45. The highest BCUT2D eigenvalue weighted by molar-refractivity contribution is 7.99. The van der Waals surface area contributed by atoms with E-state index in [1.807, 2.05) is 37.3 Å². The first-order valence-electron chi connectivity index (χ1n) is 7.90. The molecule has 0 bridgehead atoms. The second-order valence-electron chi connectivity index (χ2n) is 5.32. The van der Waals surface area contributed by atoms with E-state index in [4.69, 9.17) is 4.74 Å². The maximum atomic E-state index is 12.0. The third-order valence-electron chi connectivity index (χ3n) is 3.47. The Morgan fingerprint density at radius 2 is 1.83 bits per heavy atom. The van der Waals surface area contributed by atoms with Gasteiger partial charge in [0.05, 0.1) is 6.61 Å². The van der Waals surface area contributed by atoms with Crippen molar-refractivity contribution in [2.75, 3.05) is 12.4 Å². The quantitative estimate of drug-likeness (QED) is 0.577. The maximum absolute atomic E-state index is 12.0. The predicted octanol–water partition coefficient (Wildman–Crippen LogP) is 4.39. The first-order valence-corrected chi connectivity index (χ1v) is 8.89. The first kappa shape index (κ1) is 17.4. The van der Waals surface area contributed by atoms with Gasteiger partial charge in [-0.25, -0.2) is 0 Å². The number of benzene rings is 2. The third kappa shape index (κ3) is 5.99. The van der Waals surface area contributed by atoms with Gasteiger partial charge in [-0.2, -0.15) is 0 Å². The molecule has 1 unspecified atom stereocenters. The SMILES string of the molecule is CCC(C)NC(=O)c1ccc(OCCSc2ccccc2)cc1. The standard InChI is InChI=1S/C19H23NO2S/c1-3-15(2)20-19(21)16-9-11-17(12-10-16)22-13-14-23-18-7-5-4-6-8-18/h4-12,15H,3,13-14H2,1-2H3,(H,20,21). The number of carbonyl (C=O) groups excluding carboxylic acids is 1. The fraction of sp³-hybridized carbons (Fsp3) is 0.316. The molecule has 3 nitrogen and oxygen atoms in total. The van der Waals surface area contributed by atoms with Crippen LogP contribution in [0, 0.1) is 0 Å². The minimum Gasteiger partial charge on any atom is -0.493 e. The molecule has 0 aliphatic rings. The molecule has 1 atom stereocenters. The van der Waals surface area contributed by atoms with Crippen LogP contribution in [0.4, 0.5) is 0 Å². The molecule has 0 fully saturated rings. The lowest BCUT2D eigenvalue weighted by atomic mass is 10.2. The summed E-state index contributed by atoms with van der Waals surface area (Å²) in [5.74, 6) is 1.64. The summed E-state index contributed by atoms with van der Waals surface area (Å²) in [6.45, 7) is 4.69. The molecular formula is C19H23NO2S. The zero-order valence-electron chi connectivity index (χ0n) is 13.6. The molecule has 0 radical (unpaired) electrons. The predicted molar refractivity (Wildman–Crippen MR) is 96.3 cm³/mol. The van der Waals surface area contributed by atoms with E-state index in [2.05, 4.69) is 24.4 Å². The minimum absolute atomic E-state index is 0.0365. The summed E-state index contributed by atoms with van der Waals surface area (Å²) in [6.07, 6.45) is 0.923. The van der Waals surface area contributed by atoms with Crippen LogP contribution in [0.1, 0.15) is 30.6 Å². The number of hydrogen-bond acceptors (Lipinski definition) is 3. The number of ether oxygens (including phenoxy) is 1. The molecule has 0 aromatic heterocycles. The van der Waals surface area contributed by atoms with Gasteiger partial charge in [-0.1, -0.05) is 25.1 Å². The summed E-state index contributed by atoms with van der Waals surface area (Å²) in [4.78, 5) is 13.2. The second kappa shape index (κ2) is 9.26. The monoisotopic (exact) mass is 329 g/mol. The molecule has 2 aromatic rings. The van der Waals surface area contributed by atoms with Crippen molar-refractivity contribution in [2.24, 2.45) is 0 Å². The van der Waals surface area contributed by atoms with Crippen LogP contribution < -0.4 is 10.1 Å². The summed E-state index contributed by atoms with van der Waals surface area (Å²) in [7, 11) is 0. The lowest BCUT2D eigenvalue weighted by molar-refractivity contribution is 0.0939. The molecule has 0 saturated carbocycles. The highest BCUT2D eigenvalue weighted by Crippen LogP contribution is 2.18. The highest BCUT2D eigenvalue weighted by atomic mass is 32.2. The van der Waals surface area contributed by atoms with E-state index in [1.54, 1.807) is 23.9 Å². The number of rotatable bonds is 8. The van der Waals surface area contributed by atoms with E-state index in [0.29, 0.717) is 12.2 Å². The van der Waals surface area contributed by atoms with E-state index < -0.39 is 0 Å². The molecule has 23 heavy (non-hydrogen) atoms. The lowest BCUT2D eigenvalue weighted by Gasteiger charge is -2.12. The van der Waals surface area contributed by atoms with Crippen LogP contribution >= 0.6 is 11.8 Å². The number of amides is 1. The average molecular weight is 329 g/mol. The molecule has 2 aromatic carbocycles. The van der Waals surface area contributed by atoms with Crippen LogP contribution in [0.2, 0.25) is 0 Å². The topological polar surface area (TPSA) is 38.3 Å². The largest absolute Gasteiger partial charge is 0.493 e. The normalized spacial score (nSPS) is 11.7. The van der Waals surface area contributed by atoms with Gasteiger partial charge in [-0.05, 0) is 49.7 Å². The molecule has 0 aliphatic heterocycles. The van der Waals surface area contributed by atoms with Gasteiger partial charge in [0.2, 0.25) is 0 Å². The Bertz CT molecular complexity index is 599. The minimum atomic E-state index is -0.0365. The van der Waals surface area contributed by atoms with Crippen LogP contribution in [-0.2, 0) is 0 Å². The van der Waals surface area contributed by atoms with Crippen molar-refractivity contribution < 1.29 is 9.53 Å². The fourth-order valence-corrected chi connectivity index (χ4v) is 2.70. The zero-order chi connectivity index (χ0) is 16.5. The Morgan fingerprint density at radius 3 is 2.48 bits per heavy atom. The number of hydrogen-bond donors (Lipinski definition) is 1. The fourth-order valence-electron chi connectivity index (χ4n) is 1.95. The highest BCUT2D eigenvalue weighted by Gasteiger charge is 2.08. The number of thioether (sulfide) groups is 1. The van der Waals surface area contributed by atoms with Crippen LogP contribution in [0.25, 0.3) is 0 Å². The molecule has 2 rings (SSSR count). The Hall–Kier alpha value is -1.94. The van der Waals surface area contributed by atoms with Gasteiger partial charge >= 0.3 is 0 Å². The van der Waals surface area contributed by atoms with E-state index in [9.17, 15) is 4.79 Å². The molecular weight excluding hydrogens is 306 g/mol. The van der Waals surface area contributed by atoms with Crippen molar-refractivity contribution in [3.63, 3.8) is 0 Å². The first-order chi connectivity index (χ1) is 11.2. The Morgan fingerprint density at radius 1 is 1.13 bits per heavy atom. The molecule has 0 saturated heterocycles. The summed E-state index contributed by atoms with van der Waals surface area (Å²) >= 11 is 1.77. The molecule has 0 heterocycles. The van der Waals surface area contributed by atoms with Gasteiger partial charge < -0.3 is 10.1 Å². The number of nitrogens with one attached hydrogen (secondary N) is 1. The van der Waals surface area contributed by atoms with E-state index in [0.717, 1.165) is 17.9 Å². The van der Waals surface area contributed by atoms with Crippen molar-refractivity contribution in [3.8, 4) is 5.75 Å². The van der Waals surface area contributed by atoms with E-state index in [-0.39, 0.29) is 11.9 Å². The maximum Gasteiger partial charge on any atom is 0.251 e. The van der Waals surface area contributed by atoms with E-state index >= 15 is 0 Å². The second-order valence-corrected chi connectivity index (χ2v) is 6.49. The Balaban J connectivity index is 1.75.